The maximum atomic E-state index is 6.34. The standard InChI is InChI=1S/C16H19N5OS/c1-10-11-4-3-7-21(10)9-16(11)8-18-14(22-16)20-15-19-12-5-2-6-17-13(12)23-15/h2,5-6,10-11H,3-4,7-9H2,1H3,(H,18,19,20)/t10-,11-,16+/m1/s1. The highest BCUT2D eigenvalue weighted by Gasteiger charge is 2.56. The quantitative estimate of drug-likeness (QED) is 0.870. The second kappa shape index (κ2) is 4.88. The van der Waals surface area contributed by atoms with Crippen LogP contribution in [-0.4, -0.2) is 52.2 Å². The van der Waals surface area contributed by atoms with Gasteiger partial charge < -0.3 is 4.74 Å². The predicted octanol–water partition coefficient (Wildman–Crippen LogP) is 2.34. The molecule has 0 amide bonds. The molecule has 0 aliphatic carbocycles. The lowest BCUT2D eigenvalue weighted by Crippen LogP contribution is -2.43. The normalized spacial score (nSPS) is 35.5. The Kier molecular flexibility index (Phi) is 2.90. The van der Waals surface area contributed by atoms with Gasteiger partial charge in [-0.3, -0.25) is 10.2 Å². The number of aliphatic imine (C=N–C) groups is 1. The Morgan fingerprint density at radius 2 is 2.43 bits per heavy atom. The van der Waals surface area contributed by atoms with Crippen LogP contribution in [-0.2, 0) is 4.74 Å². The zero-order valence-corrected chi connectivity index (χ0v) is 13.8. The number of nitrogens with one attached hydrogen (secondary N) is 1. The average Bonchev–Trinajstić information content (AvgIpc) is 3.15. The number of thiazole rings is 1. The third-order valence-electron chi connectivity index (χ3n) is 5.44. The summed E-state index contributed by atoms with van der Waals surface area (Å²) in [5.74, 6) is 0.580. The topological polar surface area (TPSA) is 62.6 Å². The first-order valence-corrected chi connectivity index (χ1v) is 9.01. The number of aromatic nitrogens is 2. The van der Waals surface area contributed by atoms with Gasteiger partial charge in [0.05, 0.1) is 6.54 Å². The van der Waals surface area contributed by atoms with E-state index in [0.717, 1.165) is 28.6 Å². The highest BCUT2D eigenvalue weighted by atomic mass is 32.1. The van der Waals surface area contributed by atoms with Gasteiger partial charge in [-0.1, -0.05) is 11.3 Å². The summed E-state index contributed by atoms with van der Waals surface area (Å²) in [7, 11) is 0. The van der Waals surface area contributed by atoms with Gasteiger partial charge in [0.25, 0.3) is 6.02 Å². The van der Waals surface area contributed by atoms with Crippen molar-refractivity contribution in [3.05, 3.63) is 18.3 Å². The van der Waals surface area contributed by atoms with Gasteiger partial charge in [0, 0.05) is 24.7 Å². The Morgan fingerprint density at radius 1 is 1.48 bits per heavy atom. The monoisotopic (exact) mass is 329 g/mol. The third-order valence-corrected chi connectivity index (χ3v) is 6.33. The minimum Gasteiger partial charge on any atom is -0.455 e. The molecule has 1 unspecified atom stereocenters. The first-order chi connectivity index (χ1) is 11.2. The molecule has 0 aromatic carbocycles. The molecule has 1 N–H and O–H groups in total. The van der Waals surface area contributed by atoms with E-state index in [1.165, 1.54) is 30.7 Å². The molecule has 2 fully saturated rings. The molecule has 2 saturated heterocycles. The van der Waals surface area contributed by atoms with E-state index < -0.39 is 0 Å². The minimum atomic E-state index is -0.132. The number of nitrogens with zero attached hydrogens (tertiary/aromatic N) is 4. The SMILES string of the molecule is C[C@@H]1[C@H]2CCCN1C[C@@]21CN=C(Nc2nc3cccnc3s2)O1. The predicted molar refractivity (Wildman–Crippen MR) is 90.9 cm³/mol. The number of ether oxygens (including phenoxy) is 1. The average molecular weight is 329 g/mol. The fraction of sp³-hybridized carbons (Fsp3) is 0.562. The van der Waals surface area contributed by atoms with E-state index in [2.05, 4.69) is 32.1 Å². The number of anilines is 1. The molecule has 3 aliphatic rings. The summed E-state index contributed by atoms with van der Waals surface area (Å²) in [6, 6.07) is 5.09. The Bertz CT molecular complexity index is 757. The number of fused-ring (bicyclic) bond motifs is 4. The van der Waals surface area contributed by atoms with E-state index in [-0.39, 0.29) is 5.60 Å². The molecule has 3 aliphatic heterocycles. The molecule has 2 aromatic rings. The molecule has 23 heavy (non-hydrogen) atoms. The van der Waals surface area contributed by atoms with Gasteiger partial charge in [0.2, 0.25) is 0 Å². The van der Waals surface area contributed by atoms with Gasteiger partial charge in [-0.25, -0.2) is 15.0 Å². The molecule has 5 rings (SSSR count). The van der Waals surface area contributed by atoms with Gasteiger partial charge in [0.1, 0.15) is 15.9 Å². The Morgan fingerprint density at radius 3 is 3.30 bits per heavy atom. The molecule has 1 spiro atoms. The Hall–Kier alpha value is -1.73. The van der Waals surface area contributed by atoms with Crippen molar-refractivity contribution in [3.63, 3.8) is 0 Å². The van der Waals surface area contributed by atoms with E-state index >= 15 is 0 Å². The lowest BCUT2D eigenvalue weighted by molar-refractivity contribution is 0.0521. The summed E-state index contributed by atoms with van der Waals surface area (Å²) < 4.78 is 6.34. The van der Waals surface area contributed by atoms with E-state index in [1.54, 1.807) is 6.20 Å². The maximum absolute atomic E-state index is 6.34. The molecule has 2 aromatic heterocycles. The maximum Gasteiger partial charge on any atom is 0.291 e. The van der Waals surface area contributed by atoms with Crippen LogP contribution in [0.2, 0.25) is 0 Å². The summed E-state index contributed by atoms with van der Waals surface area (Å²) in [6.45, 7) is 5.26. The molecule has 120 valence electrons. The summed E-state index contributed by atoms with van der Waals surface area (Å²) in [4.78, 5) is 17.0. The van der Waals surface area contributed by atoms with Crippen LogP contribution < -0.4 is 5.32 Å². The van der Waals surface area contributed by atoms with Crippen molar-refractivity contribution in [3.8, 4) is 0 Å². The fourth-order valence-corrected chi connectivity index (χ4v) is 5.12. The van der Waals surface area contributed by atoms with Crippen LogP contribution in [0.3, 0.4) is 0 Å². The zero-order chi connectivity index (χ0) is 15.4. The van der Waals surface area contributed by atoms with E-state index in [9.17, 15) is 0 Å². The highest BCUT2D eigenvalue weighted by Crippen LogP contribution is 2.44. The molecule has 6 nitrogen and oxygen atoms in total. The fourth-order valence-electron chi connectivity index (χ4n) is 4.32. The first-order valence-electron chi connectivity index (χ1n) is 8.20. The Labute approximate surface area is 138 Å². The summed E-state index contributed by atoms with van der Waals surface area (Å²) in [5, 5.41) is 4.05. The number of hydrogen-bond acceptors (Lipinski definition) is 7. The van der Waals surface area contributed by atoms with Crippen LogP contribution in [0.1, 0.15) is 19.8 Å². The molecule has 7 heteroatoms. The first kappa shape index (κ1) is 13.7. The lowest BCUT2D eigenvalue weighted by Gasteiger charge is -2.32. The van der Waals surface area contributed by atoms with Crippen molar-refractivity contribution in [1.82, 2.24) is 14.9 Å². The van der Waals surface area contributed by atoms with Crippen LogP contribution in [0.5, 0.6) is 0 Å². The van der Waals surface area contributed by atoms with Gasteiger partial charge in [-0.05, 0) is 38.4 Å². The van der Waals surface area contributed by atoms with Gasteiger partial charge in [-0.2, -0.15) is 0 Å². The Balaban J connectivity index is 1.36. The van der Waals surface area contributed by atoms with Crippen LogP contribution in [0.4, 0.5) is 5.13 Å². The van der Waals surface area contributed by atoms with Crippen molar-refractivity contribution in [2.24, 2.45) is 10.9 Å². The second-order valence-electron chi connectivity index (χ2n) is 6.72. The van der Waals surface area contributed by atoms with Crippen molar-refractivity contribution in [2.45, 2.75) is 31.4 Å². The third kappa shape index (κ3) is 2.06. The largest absolute Gasteiger partial charge is 0.455 e. The minimum absolute atomic E-state index is 0.132. The summed E-state index contributed by atoms with van der Waals surface area (Å²) in [6.07, 6.45) is 4.30. The van der Waals surface area contributed by atoms with Crippen LogP contribution in [0, 0.1) is 5.92 Å². The number of rotatable bonds is 1. The number of amidine groups is 1. The van der Waals surface area contributed by atoms with E-state index in [4.69, 9.17) is 4.74 Å². The van der Waals surface area contributed by atoms with Crippen LogP contribution >= 0.6 is 11.3 Å². The van der Waals surface area contributed by atoms with Gasteiger partial charge in [0.15, 0.2) is 5.13 Å². The zero-order valence-electron chi connectivity index (χ0n) is 13.0. The van der Waals surface area contributed by atoms with Crippen molar-refractivity contribution in [1.29, 1.82) is 0 Å². The van der Waals surface area contributed by atoms with Crippen molar-refractivity contribution in [2.75, 3.05) is 25.0 Å². The molecular weight excluding hydrogens is 310 g/mol. The van der Waals surface area contributed by atoms with Crippen molar-refractivity contribution >= 4 is 32.8 Å². The molecular formula is C16H19N5OS. The van der Waals surface area contributed by atoms with Gasteiger partial charge in [-0.15, -0.1) is 0 Å². The molecule has 2 bridgehead atoms. The van der Waals surface area contributed by atoms with E-state index in [1.807, 2.05) is 12.1 Å². The van der Waals surface area contributed by atoms with Crippen LogP contribution in [0.15, 0.2) is 23.3 Å². The van der Waals surface area contributed by atoms with Gasteiger partial charge >= 0.3 is 0 Å². The smallest absolute Gasteiger partial charge is 0.291 e. The second-order valence-corrected chi connectivity index (χ2v) is 7.70. The summed E-state index contributed by atoms with van der Waals surface area (Å²) >= 11 is 1.53. The summed E-state index contributed by atoms with van der Waals surface area (Å²) in [5.41, 5.74) is 0.775. The molecule has 5 heterocycles. The molecule has 0 saturated carbocycles. The number of pyridine rings is 1. The molecule has 0 radical (unpaired) electrons. The number of piperidine rings is 1. The van der Waals surface area contributed by atoms with Crippen molar-refractivity contribution < 1.29 is 4.74 Å². The number of hydrogen-bond donors (Lipinski definition) is 1. The van der Waals surface area contributed by atoms with E-state index in [0.29, 0.717) is 18.0 Å². The van der Waals surface area contributed by atoms with Crippen LogP contribution in [0.25, 0.3) is 10.3 Å². The lowest BCUT2D eigenvalue weighted by atomic mass is 9.82. The molecule has 4 atom stereocenters. The highest BCUT2D eigenvalue weighted by molar-refractivity contribution is 7.21.